The molecule has 0 aromatic heterocycles. The van der Waals surface area contributed by atoms with Gasteiger partial charge in [0.1, 0.15) is 5.60 Å². The molecular formula is C20H36N2O4. The zero-order chi connectivity index (χ0) is 19.9. The highest BCUT2D eigenvalue weighted by molar-refractivity contribution is 5.74. The lowest BCUT2D eigenvalue weighted by Gasteiger charge is -2.39. The minimum atomic E-state index is -0.572. The maximum absolute atomic E-state index is 12.3. The summed E-state index contributed by atoms with van der Waals surface area (Å²) in [6.45, 7) is 13.2. The highest BCUT2D eigenvalue weighted by atomic mass is 16.6. The Kier molecular flexibility index (Phi) is 8.60. The van der Waals surface area contributed by atoms with Gasteiger partial charge in [-0.05, 0) is 46.5 Å². The molecule has 0 unspecified atom stereocenters. The van der Waals surface area contributed by atoms with Crippen molar-refractivity contribution in [1.82, 2.24) is 10.6 Å². The predicted molar refractivity (Wildman–Crippen MR) is 103 cm³/mol. The monoisotopic (exact) mass is 368 g/mol. The summed E-state index contributed by atoms with van der Waals surface area (Å²) < 4.78 is 11.7. The number of ether oxygens (including phenoxy) is 2. The molecule has 6 heteroatoms. The molecule has 0 aromatic rings. The van der Waals surface area contributed by atoms with E-state index in [9.17, 15) is 9.59 Å². The first-order valence-electron chi connectivity index (χ1n) is 9.71. The van der Waals surface area contributed by atoms with Crippen LogP contribution in [0.3, 0.4) is 0 Å². The van der Waals surface area contributed by atoms with Crippen molar-refractivity contribution < 1.29 is 19.1 Å². The highest BCUT2D eigenvalue weighted by Crippen LogP contribution is 2.26. The Morgan fingerprint density at radius 3 is 2.27 bits per heavy atom. The second-order valence-electron chi connectivity index (χ2n) is 7.90. The average Bonchev–Trinajstić information content (AvgIpc) is 2.52. The minimum absolute atomic E-state index is 0.117. The molecule has 3 atom stereocenters. The minimum Gasteiger partial charge on any atom is -0.444 e. The Morgan fingerprint density at radius 1 is 1.19 bits per heavy atom. The van der Waals surface area contributed by atoms with Crippen molar-refractivity contribution >= 4 is 12.0 Å². The number of carbonyl (C=O) groups is 2. The molecule has 2 amide bonds. The maximum Gasteiger partial charge on any atom is 0.407 e. The lowest BCUT2D eigenvalue weighted by Crippen LogP contribution is -2.59. The third kappa shape index (κ3) is 7.36. The fourth-order valence-electron chi connectivity index (χ4n) is 3.15. The van der Waals surface area contributed by atoms with Crippen LogP contribution < -0.4 is 10.6 Å². The second-order valence-corrected chi connectivity index (χ2v) is 7.90. The molecule has 150 valence electrons. The molecule has 0 bridgehead atoms. The molecule has 0 fully saturated rings. The Balaban J connectivity index is 3.03. The van der Waals surface area contributed by atoms with Gasteiger partial charge in [0.15, 0.2) is 0 Å². The van der Waals surface area contributed by atoms with Gasteiger partial charge < -0.3 is 20.1 Å². The number of rotatable bonds is 7. The number of carbonyl (C=O) groups excluding carboxylic acids is 2. The Labute approximate surface area is 158 Å². The van der Waals surface area contributed by atoms with Gasteiger partial charge in [-0.15, -0.1) is 0 Å². The second kappa shape index (κ2) is 9.95. The van der Waals surface area contributed by atoms with Gasteiger partial charge in [0, 0.05) is 6.92 Å². The molecule has 0 saturated heterocycles. The van der Waals surface area contributed by atoms with Gasteiger partial charge in [0.05, 0.1) is 24.3 Å². The molecular weight excluding hydrogens is 332 g/mol. The summed E-state index contributed by atoms with van der Waals surface area (Å²) in [6, 6.07) is -0.594. The van der Waals surface area contributed by atoms with Gasteiger partial charge in [-0.1, -0.05) is 32.4 Å². The fraction of sp³-hybridized carbons (Fsp3) is 0.800. The first-order valence-corrected chi connectivity index (χ1v) is 9.71. The van der Waals surface area contributed by atoms with Crippen molar-refractivity contribution in [3.8, 4) is 0 Å². The van der Waals surface area contributed by atoms with Crippen LogP contribution in [0, 0.1) is 0 Å². The summed E-state index contributed by atoms with van der Waals surface area (Å²) in [7, 11) is 0. The Morgan fingerprint density at radius 2 is 1.81 bits per heavy atom. The lowest BCUT2D eigenvalue weighted by molar-refractivity contribution is -0.121. The number of alkyl carbamates (subject to hydrolysis) is 1. The van der Waals surface area contributed by atoms with E-state index in [2.05, 4.69) is 37.5 Å². The van der Waals surface area contributed by atoms with Crippen LogP contribution in [0.2, 0.25) is 0 Å². The van der Waals surface area contributed by atoms with Crippen molar-refractivity contribution in [2.75, 3.05) is 0 Å². The van der Waals surface area contributed by atoms with E-state index in [0.717, 1.165) is 19.3 Å². The summed E-state index contributed by atoms with van der Waals surface area (Å²) in [5.74, 6) is -0.141. The van der Waals surface area contributed by atoms with Crippen LogP contribution in [0.25, 0.3) is 0 Å². The summed E-state index contributed by atoms with van der Waals surface area (Å²) in [6.07, 6.45) is 4.82. The van der Waals surface area contributed by atoms with E-state index in [-0.39, 0.29) is 30.2 Å². The third-order valence-corrected chi connectivity index (χ3v) is 4.46. The summed E-state index contributed by atoms with van der Waals surface area (Å²) >= 11 is 0. The molecule has 0 aromatic carbocycles. The summed E-state index contributed by atoms with van der Waals surface area (Å²) in [4.78, 5) is 24.1. The number of hydrogen-bond acceptors (Lipinski definition) is 4. The van der Waals surface area contributed by atoms with Crippen LogP contribution in [0.5, 0.6) is 0 Å². The van der Waals surface area contributed by atoms with E-state index in [4.69, 9.17) is 9.47 Å². The Bertz CT molecular complexity index is 506. The number of nitrogens with one attached hydrogen (secondary N) is 2. The molecule has 0 spiro atoms. The SMILES string of the molecule is CCC1=C[C@@H](OC(CC)CC)[C@H](NC(C)=O)[C@@H](NC(=O)OC(C)(C)C)C1. The van der Waals surface area contributed by atoms with Crippen LogP contribution in [0.4, 0.5) is 4.79 Å². The van der Waals surface area contributed by atoms with Crippen molar-refractivity contribution in [2.45, 2.75) is 104 Å². The smallest absolute Gasteiger partial charge is 0.407 e. The van der Waals surface area contributed by atoms with Crippen LogP contribution >= 0.6 is 0 Å². The molecule has 6 nitrogen and oxygen atoms in total. The van der Waals surface area contributed by atoms with Crippen molar-refractivity contribution in [1.29, 1.82) is 0 Å². The highest BCUT2D eigenvalue weighted by Gasteiger charge is 2.37. The van der Waals surface area contributed by atoms with E-state index in [1.807, 2.05) is 20.8 Å². The van der Waals surface area contributed by atoms with Crippen LogP contribution in [0.1, 0.15) is 74.1 Å². The van der Waals surface area contributed by atoms with E-state index >= 15 is 0 Å². The van der Waals surface area contributed by atoms with E-state index in [1.165, 1.54) is 12.5 Å². The molecule has 2 N–H and O–H groups in total. The van der Waals surface area contributed by atoms with Gasteiger partial charge in [-0.25, -0.2) is 4.79 Å². The largest absolute Gasteiger partial charge is 0.444 e. The quantitative estimate of drug-likeness (QED) is 0.672. The normalized spacial score (nSPS) is 23.4. The van der Waals surface area contributed by atoms with Crippen LogP contribution in [-0.4, -0.2) is 41.9 Å². The standard InChI is InChI=1S/C20H36N2O4/c1-8-14-11-16(22-19(24)26-20(5,6)7)18(21-13(4)23)17(12-14)25-15(9-2)10-3/h12,15-18H,8-11H2,1-7H3,(H,21,23)(H,22,24)/t16-,17+,18+/m0/s1. The molecule has 1 rings (SSSR count). The molecule has 0 saturated carbocycles. The molecule has 1 aliphatic carbocycles. The summed E-state index contributed by atoms with van der Waals surface area (Å²) in [5.41, 5.74) is 0.639. The van der Waals surface area contributed by atoms with Gasteiger partial charge >= 0.3 is 6.09 Å². The van der Waals surface area contributed by atoms with E-state index in [0.29, 0.717) is 6.42 Å². The van der Waals surface area contributed by atoms with Crippen molar-refractivity contribution in [2.24, 2.45) is 0 Å². The molecule has 0 radical (unpaired) electrons. The fourth-order valence-corrected chi connectivity index (χ4v) is 3.15. The lowest BCUT2D eigenvalue weighted by atomic mass is 9.86. The average molecular weight is 369 g/mol. The number of hydrogen-bond donors (Lipinski definition) is 2. The summed E-state index contributed by atoms with van der Waals surface area (Å²) in [5, 5.41) is 5.91. The topological polar surface area (TPSA) is 76.7 Å². The number of amides is 2. The maximum atomic E-state index is 12.3. The molecule has 1 aliphatic rings. The van der Waals surface area contributed by atoms with Gasteiger partial charge in [-0.2, -0.15) is 0 Å². The zero-order valence-corrected chi connectivity index (χ0v) is 17.3. The molecule has 26 heavy (non-hydrogen) atoms. The van der Waals surface area contributed by atoms with Crippen molar-refractivity contribution in [3.63, 3.8) is 0 Å². The van der Waals surface area contributed by atoms with E-state index < -0.39 is 11.7 Å². The molecule has 0 heterocycles. The van der Waals surface area contributed by atoms with Gasteiger partial charge in [0.2, 0.25) is 5.91 Å². The first-order chi connectivity index (χ1) is 12.1. The predicted octanol–water partition coefficient (Wildman–Crippen LogP) is 3.70. The van der Waals surface area contributed by atoms with Gasteiger partial charge in [-0.3, -0.25) is 4.79 Å². The molecule has 0 aliphatic heterocycles. The third-order valence-electron chi connectivity index (χ3n) is 4.46. The Hall–Kier alpha value is -1.56. The van der Waals surface area contributed by atoms with E-state index in [1.54, 1.807) is 0 Å². The first kappa shape index (κ1) is 22.5. The zero-order valence-electron chi connectivity index (χ0n) is 17.3. The van der Waals surface area contributed by atoms with Crippen LogP contribution in [0.15, 0.2) is 11.6 Å². The van der Waals surface area contributed by atoms with Gasteiger partial charge in [0.25, 0.3) is 0 Å². The van der Waals surface area contributed by atoms with Crippen LogP contribution in [-0.2, 0) is 14.3 Å². The van der Waals surface area contributed by atoms with Crippen molar-refractivity contribution in [3.05, 3.63) is 11.6 Å².